The van der Waals surface area contributed by atoms with E-state index in [1.54, 1.807) is 127 Å². The lowest BCUT2D eigenvalue weighted by atomic mass is 9.19. The second-order valence-electron chi connectivity index (χ2n) is 35.7. The molecule has 0 atom stereocenters. The first-order valence-corrected chi connectivity index (χ1v) is 33.8. The van der Waals surface area contributed by atoms with Crippen LogP contribution in [0.4, 0.5) is 0 Å². The summed E-state index contributed by atoms with van der Waals surface area (Å²) in [5.74, 6) is 26.1. The van der Waals surface area contributed by atoms with E-state index in [2.05, 4.69) is 87.0 Å². The van der Waals surface area contributed by atoms with Crippen molar-refractivity contribution in [3.05, 3.63) is 96.1 Å². The van der Waals surface area contributed by atoms with Crippen LogP contribution in [0.2, 0.25) is 0 Å². The van der Waals surface area contributed by atoms with Crippen molar-refractivity contribution in [1.29, 1.82) is 0 Å². The van der Waals surface area contributed by atoms with Gasteiger partial charge in [-0.1, -0.05) is 74.9 Å². The van der Waals surface area contributed by atoms with Crippen molar-refractivity contribution in [3.63, 3.8) is 0 Å². The van der Waals surface area contributed by atoms with Gasteiger partial charge in [0.05, 0.1) is 0 Å². The van der Waals surface area contributed by atoms with Crippen molar-refractivity contribution < 1.29 is 0 Å². The molecule has 28 aliphatic carbocycles. The summed E-state index contributed by atoms with van der Waals surface area (Å²) in [4.78, 5) is 0. The minimum Gasteiger partial charge on any atom is -0.0985 e. The summed E-state index contributed by atoms with van der Waals surface area (Å²) < 4.78 is 0. The first-order valence-electron chi connectivity index (χ1n) is 33.8. The second kappa shape index (κ2) is 12.9. The van der Waals surface area contributed by atoms with E-state index in [0.29, 0.717) is 10.8 Å². The molecule has 30 rings (SSSR count). The van der Waals surface area contributed by atoms with E-state index < -0.39 is 0 Å². The monoisotopic (exact) mass is 1000 g/mol. The third-order valence-corrected chi connectivity index (χ3v) is 35.7. The lowest BCUT2D eigenvalue weighted by Crippen LogP contribution is -2.78. The maximum Gasteiger partial charge on any atom is -0.00380 e. The van der Waals surface area contributed by atoms with Gasteiger partial charge in [0, 0.05) is 0 Å². The standard InChI is InChI=1S/C76H90/c1-5-39-9-40(6-2)12-43(11-39)69-15-45-51-21-71(22-52(45)47(17-69)53(23-71)46(51)16-69)73-27-57-63-33-75(34-64(57)59(29-73)65(35-75)58(63)28-73)76-36-66-60-30-74(31-61(66)68(38-76)62(32-74)67(60)37-76)72-24-54-48-18-70(44-13-41(7-3)10-42(8-4)14-44)19-49(54)56(26-72)50(20-70)55(48)25-72/h5-14,45-68H,1-4,15-38H2. The molecule has 28 aliphatic rings. The fourth-order valence-corrected chi connectivity index (χ4v) is 34.8. The molecule has 0 unspecified atom stereocenters. The van der Waals surface area contributed by atoms with Crippen LogP contribution in [0.1, 0.15) is 187 Å². The zero-order chi connectivity index (χ0) is 49.4. The number of benzene rings is 2. The third-order valence-electron chi connectivity index (χ3n) is 35.7. The Morgan fingerprint density at radius 1 is 0.211 bits per heavy atom. The van der Waals surface area contributed by atoms with Gasteiger partial charge in [-0.25, -0.2) is 0 Å². The fraction of sp³-hybridized carbons (Fsp3) is 0.737. The molecule has 0 N–H and O–H groups in total. The molecule has 2 aromatic carbocycles. The molecule has 0 aliphatic heterocycles. The summed E-state index contributed by atoms with van der Waals surface area (Å²) in [6.45, 7) is 16.9. The Hall–Kier alpha value is -2.60. The van der Waals surface area contributed by atoms with Crippen molar-refractivity contribution in [2.45, 2.75) is 165 Å². The molecule has 28 saturated carbocycles. The highest BCUT2D eigenvalue weighted by atomic mass is 14.9. The van der Waals surface area contributed by atoms with Crippen LogP contribution in [0.5, 0.6) is 0 Å². The second-order valence-corrected chi connectivity index (χ2v) is 35.7. The molecule has 0 radical (unpaired) electrons. The smallest absolute Gasteiger partial charge is 0.00380 e. The van der Waals surface area contributed by atoms with Crippen molar-refractivity contribution in [3.8, 4) is 0 Å². The molecule has 0 aromatic heterocycles. The van der Waals surface area contributed by atoms with Crippen LogP contribution in [0.15, 0.2) is 62.7 Å². The Morgan fingerprint density at radius 3 is 0.474 bits per heavy atom. The van der Waals surface area contributed by atoms with Gasteiger partial charge in [-0.2, -0.15) is 0 Å². The Morgan fingerprint density at radius 2 is 0.342 bits per heavy atom. The highest BCUT2D eigenvalue weighted by Crippen LogP contribution is 2.91. The molecule has 2 aromatic rings. The van der Waals surface area contributed by atoms with E-state index >= 15 is 0 Å². The van der Waals surface area contributed by atoms with Crippen LogP contribution in [-0.2, 0) is 10.8 Å². The Bertz CT molecular complexity index is 2580. The summed E-state index contributed by atoms with van der Waals surface area (Å²) in [6, 6.07) is 14.9. The average molecular weight is 1000 g/mol. The maximum absolute atomic E-state index is 4.23. The molecule has 0 heterocycles. The molecular weight excluding hydrogens is 913 g/mol. The van der Waals surface area contributed by atoms with Gasteiger partial charge in [0.2, 0.25) is 0 Å². The largest absolute Gasteiger partial charge is 0.0985 e. The molecule has 394 valence electrons. The van der Waals surface area contributed by atoms with Gasteiger partial charge in [-0.15, -0.1) is 0 Å². The first kappa shape index (κ1) is 43.2. The van der Waals surface area contributed by atoms with Crippen molar-refractivity contribution >= 4 is 24.3 Å². The zero-order valence-corrected chi connectivity index (χ0v) is 46.4. The van der Waals surface area contributed by atoms with E-state index in [4.69, 9.17) is 0 Å². The summed E-state index contributed by atoms with van der Waals surface area (Å²) in [6.07, 6.45) is 48.2. The average Bonchev–Trinajstić information content (AvgIpc) is 2.15. The van der Waals surface area contributed by atoms with Gasteiger partial charge in [0.1, 0.15) is 0 Å². The molecular formula is C76H90. The van der Waals surface area contributed by atoms with Gasteiger partial charge in [0.15, 0.2) is 0 Å². The molecule has 28 fully saturated rings. The van der Waals surface area contributed by atoms with E-state index in [9.17, 15) is 0 Å². The van der Waals surface area contributed by atoms with Crippen molar-refractivity contribution in [2.24, 2.45) is 175 Å². The van der Waals surface area contributed by atoms with Crippen molar-refractivity contribution in [1.82, 2.24) is 0 Å². The summed E-state index contributed by atoms with van der Waals surface area (Å²) in [7, 11) is 0. The summed E-state index contributed by atoms with van der Waals surface area (Å²) in [5.41, 5.74) is 13.9. The number of rotatable bonds is 9. The molecule has 0 spiro atoms. The van der Waals surface area contributed by atoms with Crippen LogP contribution in [0.25, 0.3) is 24.3 Å². The van der Waals surface area contributed by atoms with Crippen LogP contribution in [0, 0.1) is 175 Å². The normalized spacial score (nSPS) is 64.5. The molecule has 0 saturated heterocycles. The summed E-state index contributed by atoms with van der Waals surface area (Å²) in [5, 5.41) is 0. The zero-order valence-electron chi connectivity index (χ0n) is 46.4. The highest BCUT2D eigenvalue weighted by Gasteiger charge is 2.84. The number of hydrogen-bond donors (Lipinski definition) is 0. The lowest BCUT2D eigenvalue weighted by molar-refractivity contribution is -0.361. The molecule has 0 nitrogen and oxygen atoms in total. The predicted octanol–water partition coefficient (Wildman–Crippen LogP) is 17.8. The Kier molecular flexibility index (Phi) is 7.31. The van der Waals surface area contributed by atoms with E-state index in [1.165, 1.54) is 60.8 Å². The summed E-state index contributed by atoms with van der Waals surface area (Å²) >= 11 is 0. The van der Waals surface area contributed by atoms with E-state index in [-0.39, 0.29) is 0 Å². The number of hydrogen-bond acceptors (Lipinski definition) is 0. The van der Waals surface area contributed by atoms with Gasteiger partial charge in [0.25, 0.3) is 0 Å². The minimum atomic E-state index is 0.432. The highest BCUT2D eigenvalue weighted by molar-refractivity contribution is 5.60. The van der Waals surface area contributed by atoms with Crippen LogP contribution in [0.3, 0.4) is 0 Å². The van der Waals surface area contributed by atoms with Crippen molar-refractivity contribution in [2.75, 3.05) is 0 Å². The fourth-order valence-electron chi connectivity index (χ4n) is 34.8. The molecule has 32 bridgehead atoms. The topological polar surface area (TPSA) is 0 Å². The molecule has 0 heteroatoms. The Balaban J connectivity index is 0.526. The van der Waals surface area contributed by atoms with Gasteiger partial charge in [-0.3, -0.25) is 0 Å². The quantitative estimate of drug-likeness (QED) is 0.235. The van der Waals surface area contributed by atoms with Crippen LogP contribution < -0.4 is 0 Å². The van der Waals surface area contributed by atoms with E-state index in [0.717, 1.165) is 175 Å². The first-order chi connectivity index (χ1) is 37.0. The predicted molar refractivity (Wildman–Crippen MR) is 306 cm³/mol. The Labute approximate surface area is 457 Å². The molecule has 76 heavy (non-hydrogen) atoms. The third kappa shape index (κ3) is 4.38. The lowest BCUT2D eigenvalue weighted by Gasteiger charge is -2.85. The van der Waals surface area contributed by atoms with Gasteiger partial charge in [-0.05, 0) is 385 Å². The van der Waals surface area contributed by atoms with Gasteiger partial charge >= 0.3 is 0 Å². The van der Waals surface area contributed by atoms with Gasteiger partial charge < -0.3 is 0 Å². The SMILES string of the molecule is C=Cc1cc(C=C)cc(C23CC4C5CC6(C78CC9C%10CC%11(C%12%13CC%14C%15CC%16(C%17%18CC%19C%20CC%21(c%22cc(C=C)cc(C=C)c%22)CC%19C(C%17)C(C%21)C%20C%18)CC%14C(C%12)C(C%16)C%15C%13)CC9C(C7)C(C%11)C%10C8)CC4C(C2)C(C6)C5C3)c1. The van der Waals surface area contributed by atoms with Crippen LogP contribution in [-0.4, -0.2) is 0 Å². The maximum atomic E-state index is 4.23. The van der Waals surface area contributed by atoms with E-state index in [1.807, 2.05) is 0 Å². The minimum absolute atomic E-state index is 0.432. The van der Waals surface area contributed by atoms with Crippen LogP contribution >= 0.6 is 0 Å². The molecule has 0 amide bonds.